The van der Waals surface area contributed by atoms with Gasteiger partial charge < -0.3 is 10.1 Å². The number of likely N-dealkylation sites (N-methyl/N-ethyl adjacent to an activating group) is 1. The highest BCUT2D eigenvalue weighted by atomic mass is 16.5. The van der Waals surface area contributed by atoms with Gasteiger partial charge in [-0.25, -0.2) is 0 Å². The lowest BCUT2D eigenvalue weighted by molar-refractivity contribution is 0.403. The van der Waals surface area contributed by atoms with E-state index in [1.165, 1.54) is 5.69 Å². The third kappa shape index (κ3) is 2.96. The van der Waals surface area contributed by atoms with Crippen molar-refractivity contribution in [1.82, 2.24) is 15.1 Å². The first-order valence-corrected chi connectivity index (χ1v) is 5.51. The van der Waals surface area contributed by atoms with Gasteiger partial charge in [-0.3, -0.25) is 4.68 Å². The van der Waals surface area contributed by atoms with E-state index in [9.17, 15) is 0 Å². The average Bonchev–Trinajstić information content (AvgIpc) is 2.61. The largest absolute Gasteiger partial charge is 0.493 e. The van der Waals surface area contributed by atoms with Gasteiger partial charge >= 0.3 is 0 Å². The van der Waals surface area contributed by atoms with Gasteiger partial charge in [-0.05, 0) is 20.4 Å². The number of hydrogen-bond acceptors (Lipinski definition) is 3. The Morgan fingerprint density at radius 1 is 1.53 bits per heavy atom. The fourth-order valence-corrected chi connectivity index (χ4v) is 1.61. The van der Waals surface area contributed by atoms with Crippen LogP contribution in [0.3, 0.4) is 0 Å². The molecule has 1 N–H and O–H groups in total. The number of rotatable bonds is 6. The van der Waals surface area contributed by atoms with E-state index in [0.29, 0.717) is 6.04 Å². The summed E-state index contributed by atoms with van der Waals surface area (Å²) in [6.07, 6.45) is 2.75. The van der Waals surface area contributed by atoms with E-state index in [4.69, 9.17) is 4.74 Å². The van der Waals surface area contributed by atoms with Crippen molar-refractivity contribution >= 4 is 0 Å². The summed E-state index contributed by atoms with van der Waals surface area (Å²) in [6.45, 7) is 8.33. The predicted molar refractivity (Wildman–Crippen MR) is 61.4 cm³/mol. The van der Waals surface area contributed by atoms with E-state index in [1.807, 2.05) is 4.68 Å². The summed E-state index contributed by atoms with van der Waals surface area (Å²) < 4.78 is 7.32. The minimum absolute atomic E-state index is 0.380. The average molecular weight is 211 g/mol. The lowest BCUT2D eigenvalue weighted by atomic mass is 10.2. The first-order valence-electron chi connectivity index (χ1n) is 5.51. The summed E-state index contributed by atoms with van der Waals surface area (Å²) >= 11 is 0. The van der Waals surface area contributed by atoms with Crippen LogP contribution in [0.1, 0.15) is 32.5 Å². The quantitative estimate of drug-likeness (QED) is 0.727. The molecule has 0 saturated heterocycles. The number of hydrogen-bond donors (Lipinski definition) is 1. The van der Waals surface area contributed by atoms with Gasteiger partial charge in [0, 0.05) is 19.0 Å². The van der Waals surface area contributed by atoms with E-state index >= 15 is 0 Å². The van der Waals surface area contributed by atoms with E-state index in [-0.39, 0.29) is 0 Å². The maximum atomic E-state index is 5.30. The van der Waals surface area contributed by atoms with Crippen molar-refractivity contribution in [3.8, 4) is 5.75 Å². The molecule has 0 radical (unpaired) electrons. The fourth-order valence-electron chi connectivity index (χ4n) is 1.61. The molecule has 0 aliphatic carbocycles. The minimum Gasteiger partial charge on any atom is -0.493 e. The molecule has 15 heavy (non-hydrogen) atoms. The van der Waals surface area contributed by atoms with Gasteiger partial charge in [-0.15, -0.1) is 0 Å². The normalized spacial score (nSPS) is 11.0. The molecule has 1 rings (SSSR count). The van der Waals surface area contributed by atoms with Crippen molar-refractivity contribution in [3.05, 3.63) is 11.9 Å². The molecule has 0 spiro atoms. The molecule has 1 aromatic rings. The summed E-state index contributed by atoms with van der Waals surface area (Å²) in [6, 6.07) is 0.380. The number of nitrogens with zero attached hydrogens (tertiary/aromatic N) is 2. The standard InChI is InChI=1S/C11H21N3O/c1-5-12-7-6-10-11(15-4)8-13-14(10)9(2)3/h8-9,12H,5-7H2,1-4H3. The zero-order valence-corrected chi connectivity index (χ0v) is 10.1. The molecule has 4 heteroatoms. The molecule has 0 amide bonds. The Morgan fingerprint density at radius 3 is 2.80 bits per heavy atom. The maximum Gasteiger partial charge on any atom is 0.159 e. The third-order valence-electron chi connectivity index (χ3n) is 2.36. The zero-order chi connectivity index (χ0) is 11.3. The van der Waals surface area contributed by atoms with Gasteiger partial charge in [0.2, 0.25) is 0 Å². The van der Waals surface area contributed by atoms with Crippen molar-refractivity contribution in [1.29, 1.82) is 0 Å². The van der Waals surface area contributed by atoms with Crippen LogP contribution in [0.5, 0.6) is 5.75 Å². The van der Waals surface area contributed by atoms with Crippen molar-refractivity contribution in [3.63, 3.8) is 0 Å². The molecular formula is C11H21N3O. The molecule has 86 valence electrons. The Bertz CT molecular complexity index is 294. The minimum atomic E-state index is 0.380. The first-order chi connectivity index (χ1) is 7.20. The molecule has 0 atom stereocenters. The molecule has 1 heterocycles. The van der Waals surface area contributed by atoms with E-state index < -0.39 is 0 Å². The molecule has 0 fully saturated rings. The lowest BCUT2D eigenvalue weighted by Gasteiger charge is -2.12. The van der Waals surface area contributed by atoms with Crippen molar-refractivity contribution in [2.45, 2.75) is 33.2 Å². The summed E-state index contributed by atoms with van der Waals surface area (Å²) in [7, 11) is 1.69. The molecule has 0 aliphatic heterocycles. The number of ether oxygens (including phenoxy) is 1. The summed E-state index contributed by atoms with van der Waals surface area (Å²) in [5, 5.41) is 7.64. The molecular weight excluding hydrogens is 190 g/mol. The fraction of sp³-hybridized carbons (Fsp3) is 0.727. The Balaban J connectivity index is 2.75. The van der Waals surface area contributed by atoms with Crippen LogP contribution in [-0.4, -0.2) is 30.0 Å². The van der Waals surface area contributed by atoms with Gasteiger partial charge in [0.25, 0.3) is 0 Å². The Morgan fingerprint density at radius 2 is 2.27 bits per heavy atom. The first kappa shape index (κ1) is 12.0. The number of nitrogens with one attached hydrogen (secondary N) is 1. The molecule has 1 aromatic heterocycles. The summed E-state index contributed by atoms with van der Waals surface area (Å²) in [4.78, 5) is 0. The van der Waals surface area contributed by atoms with Crippen molar-refractivity contribution < 1.29 is 4.74 Å². The van der Waals surface area contributed by atoms with Crippen molar-refractivity contribution in [2.24, 2.45) is 0 Å². The van der Waals surface area contributed by atoms with Gasteiger partial charge in [0.15, 0.2) is 5.75 Å². The SMILES string of the molecule is CCNCCc1c(OC)cnn1C(C)C. The monoisotopic (exact) mass is 211 g/mol. The maximum absolute atomic E-state index is 5.30. The molecule has 0 aliphatic rings. The van der Waals surface area contributed by atoms with Crippen LogP contribution in [0.2, 0.25) is 0 Å². The highest BCUT2D eigenvalue weighted by Gasteiger charge is 2.12. The topological polar surface area (TPSA) is 39.1 Å². The van der Waals surface area contributed by atoms with Gasteiger partial charge in [-0.2, -0.15) is 5.10 Å². The smallest absolute Gasteiger partial charge is 0.159 e. The number of methoxy groups -OCH3 is 1. The van der Waals surface area contributed by atoms with Crippen molar-refractivity contribution in [2.75, 3.05) is 20.2 Å². The van der Waals surface area contributed by atoms with Crippen LogP contribution in [-0.2, 0) is 6.42 Å². The van der Waals surface area contributed by atoms with Crippen LogP contribution < -0.4 is 10.1 Å². The highest BCUT2D eigenvalue weighted by Crippen LogP contribution is 2.20. The van der Waals surface area contributed by atoms with Crippen LogP contribution in [0.15, 0.2) is 6.20 Å². The molecule has 0 aromatic carbocycles. The van der Waals surface area contributed by atoms with E-state index in [0.717, 1.165) is 25.3 Å². The van der Waals surface area contributed by atoms with Crippen LogP contribution in [0.4, 0.5) is 0 Å². The highest BCUT2D eigenvalue weighted by molar-refractivity contribution is 5.25. The van der Waals surface area contributed by atoms with Gasteiger partial charge in [0.05, 0.1) is 19.0 Å². The van der Waals surface area contributed by atoms with E-state index in [1.54, 1.807) is 13.3 Å². The second-order valence-corrected chi connectivity index (χ2v) is 3.80. The van der Waals surface area contributed by atoms with Crippen LogP contribution in [0, 0.1) is 0 Å². The van der Waals surface area contributed by atoms with Crippen LogP contribution >= 0.6 is 0 Å². The molecule has 0 unspecified atom stereocenters. The zero-order valence-electron chi connectivity index (χ0n) is 10.1. The van der Waals surface area contributed by atoms with Crippen LogP contribution in [0.25, 0.3) is 0 Å². The van der Waals surface area contributed by atoms with Gasteiger partial charge in [0.1, 0.15) is 0 Å². The summed E-state index contributed by atoms with van der Waals surface area (Å²) in [5.41, 5.74) is 1.17. The summed E-state index contributed by atoms with van der Waals surface area (Å²) in [5.74, 6) is 0.890. The van der Waals surface area contributed by atoms with Gasteiger partial charge in [-0.1, -0.05) is 6.92 Å². The molecule has 0 bridgehead atoms. The lowest BCUT2D eigenvalue weighted by Crippen LogP contribution is -2.19. The number of aromatic nitrogens is 2. The second kappa shape index (κ2) is 5.75. The predicted octanol–water partition coefficient (Wildman–Crippen LogP) is 1.62. The molecule has 0 saturated carbocycles. The molecule has 4 nitrogen and oxygen atoms in total. The Kier molecular flexibility index (Phi) is 4.62. The Hall–Kier alpha value is -1.03. The van der Waals surface area contributed by atoms with E-state index in [2.05, 4.69) is 31.2 Å². The Labute approximate surface area is 91.6 Å². The third-order valence-corrected chi connectivity index (χ3v) is 2.36. The second-order valence-electron chi connectivity index (χ2n) is 3.80.